The van der Waals surface area contributed by atoms with Gasteiger partial charge in [-0.2, -0.15) is 0 Å². The number of amides is 4. The number of likely N-dealkylation sites (tertiary alicyclic amines) is 1. The Morgan fingerprint density at radius 3 is 1.64 bits per heavy atom. The minimum absolute atomic E-state index is 0.0161. The van der Waals surface area contributed by atoms with Gasteiger partial charge in [0.25, 0.3) is 11.8 Å². The molecule has 4 aliphatic rings. The van der Waals surface area contributed by atoms with E-state index in [1.807, 2.05) is 66.7 Å². The quantitative estimate of drug-likeness (QED) is 0.167. The van der Waals surface area contributed by atoms with Crippen LogP contribution in [0.3, 0.4) is 0 Å². The highest BCUT2D eigenvalue weighted by atomic mass is 79.9. The van der Waals surface area contributed by atoms with Crippen molar-refractivity contribution in [2.75, 3.05) is 0 Å². The number of rotatable bonds is 5. The van der Waals surface area contributed by atoms with E-state index in [1.165, 1.54) is 0 Å². The van der Waals surface area contributed by atoms with Crippen LogP contribution in [0.25, 0.3) is 0 Å². The average molecular weight is 689 g/mol. The number of hydrogen-bond donors (Lipinski definition) is 2. The molecule has 0 radical (unpaired) electrons. The number of hydrogen-bond acceptors (Lipinski definition) is 4. The zero-order valence-corrected chi connectivity index (χ0v) is 26.1. The number of nitrogens with zero attached hydrogens (tertiary/aromatic N) is 1. The molecule has 4 aromatic carbocycles. The van der Waals surface area contributed by atoms with Gasteiger partial charge in [-0.3, -0.25) is 34.9 Å². The van der Waals surface area contributed by atoms with Crippen LogP contribution < -0.4 is 10.9 Å². The fourth-order valence-corrected chi connectivity index (χ4v) is 8.37. The first-order valence-corrected chi connectivity index (χ1v) is 15.6. The zero-order valence-electron chi connectivity index (χ0n) is 23.0. The standard InChI is InChI=1S/C34H24BrCl2N3O4/c35-21-16-14-20(15-17-21)29(41)38-39-30(42)26(18-19-8-2-1-3-9-19)40-31(43)27-28(32(40)44)34(37)23-11-5-4-10-22(23)33(27,36)24-12-6-7-13-25(24)34/h1-17,26-28H,18H2,(H,38,41)(H,39,42)/t26-,27-,28-,33?,34?/m0/s1. The number of halogens is 3. The lowest BCUT2D eigenvalue weighted by atomic mass is 9.54. The lowest BCUT2D eigenvalue weighted by molar-refractivity contribution is -0.148. The van der Waals surface area contributed by atoms with Crippen LogP contribution >= 0.6 is 39.1 Å². The monoisotopic (exact) mass is 687 g/mol. The molecule has 1 fully saturated rings. The van der Waals surface area contributed by atoms with Gasteiger partial charge in [-0.25, -0.2) is 0 Å². The van der Waals surface area contributed by atoms with Crippen LogP contribution in [0.15, 0.2) is 108 Å². The highest BCUT2D eigenvalue weighted by Crippen LogP contribution is 2.69. The molecule has 4 amide bonds. The Morgan fingerprint density at radius 2 is 1.16 bits per heavy atom. The summed E-state index contributed by atoms with van der Waals surface area (Å²) < 4.78 is 0.793. The summed E-state index contributed by atoms with van der Waals surface area (Å²) in [6, 6.07) is 29.1. The van der Waals surface area contributed by atoms with Crippen molar-refractivity contribution in [1.82, 2.24) is 15.8 Å². The SMILES string of the molecule is O=C(NNC(=O)[C@H](Cc1ccccc1)N1C(=O)[C@@H]2[C@@H](C1=O)C1(Cl)c3ccccc3C2(Cl)c2ccccc21)c1ccc(Br)cc1. The maximum atomic E-state index is 14.5. The van der Waals surface area contributed by atoms with Crippen molar-refractivity contribution in [3.8, 4) is 0 Å². The first kappa shape index (κ1) is 28.8. The van der Waals surface area contributed by atoms with Crippen LogP contribution in [0.4, 0.5) is 0 Å². The van der Waals surface area contributed by atoms with E-state index in [0.717, 1.165) is 14.9 Å². The molecule has 10 heteroatoms. The van der Waals surface area contributed by atoms with E-state index in [-0.39, 0.29) is 6.42 Å². The van der Waals surface area contributed by atoms with Crippen LogP contribution in [-0.2, 0) is 30.6 Å². The molecule has 1 aliphatic heterocycles. The molecular formula is C34H24BrCl2N3O4. The molecular weight excluding hydrogens is 665 g/mol. The van der Waals surface area contributed by atoms with Crippen molar-refractivity contribution in [1.29, 1.82) is 0 Å². The highest BCUT2D eigenvalue weighted by molar-refractivity contribution is 9.10. The van der Waals surface area contributed by atoms with Gasteiger partial charge in [-0.15, -0.1) is 23.2 Å². The Balaban J connectivity index is 1.28. The highest BCUT2D eigenvalue weighted by Gasteiger charge is 2.73. The van der Waals surface area contributed by atoms with E-state index in [2.05, 4.69) is 26.8 Å². The van der Waals surface area contributed by atoms with E-state index >= 15 is 0 Å². The van der Waals surface area contributed by atoms with Crippen molar-refractivity contribution in [3.63, 3.8) is 0 Å². The molecule has 4 aromatic rings. The van der Waals surface area contributed by atoms with Crippen molar-refractivity contribution in [2.45, 2.75) is 22.2 Å². The normalized spacial score (nSPS) is 25.1. The van der Waals surface area contributed by atoms with Crippen LogP contribution in [0, 0.1) is 11.8 Å². The predicted octanol–water partition coefficient (Wildman–Crippen LogP) is 5.41. The number of benzene rings is 4. The van der Waals surface area contributed by atoms with Crippen LogP contribution in [0.2, 0.25) is 0 Å². The van der Waals surface area contributed by atoms with Gasteiger partial charge in [0.1, 0.15) is 15.8 Å². The van der Waals surface area contributed by atoms with E-state index in [4.69, 9.17) is 23.2 Å². The maximum absolute atomic E-state index is 14.5. The minimum atomic E-state index is -1.38. The fourth-order valence-electron chi connectivity index (χ4n) is 7.01. The van der Waals surface area contributed by atoms with Crippen LogP contribution in [0.5, 0.6) is 0 Å². The van der Waals surface area contributed by atoms with E-state index < -0.39 is 51.3 Å². The number of nitrogens with one attached hydrogen (secondary N) is 2. The molecule has 3 atom stereocenters. The lowest BCUT2D eigenvalue weighted by Crippen LogP contribution is -2.57. The summed E-state index contributed by atoms with van der Waals surface area (Å²) in [6.07, 6.45) is 0.0161. The Labute approximate surface area is 271 Å². The average Bonchev–Trinajstić information content (AvgIpc) is 3.32. The van der Waals surface area contributed by atoms with Gasteiger partial charge in [0, 0.05) is 16.5 Å². The number of alkyl halides is 2. The molecule has 0 unspecified atom stereocenters. The third-order valence-corrected chi connectivity index (χ3v) is 10.7. The predicted molar refractivity (Wildman–Crippen MR) is 169 cm³/mol. The smallest absolute Gasteiger partial charge is 0.269 e. The summed E-state index contributed by atoms with van der Waals surface area (Å²) in [5.41, 5.74) is 8.58. The molecule has 8 rings (SSSR count). The minimum Gasteiger partial charge on any atom is -0.274 e. The molecule has 0 spiro atoms. The summed E-state index contributed by atoms with van der Waals surface area (Å²) in [5.74, 6) is -4.56. The summed E-state index contributed by atoms with van der Waals surface area (Å²) in [7, 11) is 0. The Bertz CT molecular complexity index is 1730. The molecule has 2 bridgehead atoms. The number of imide groups is 1. The van der Waals surface area contributed by atoms with Gasteiger partial charge in [-0.1, -0.05) is 94.8 Å². The van der Waals surface area contributed by atoms with Gasteiger partial charge in [0.2, 0.25) is 11.8 Å². The third kappa shape index (κ3) is 4.08. The van der Waals surface area contributed by atoms with Crippen molar-refractivity contribution in [2.24, 2.45) is 11.8 Å². The maximum Gasteiger partial charge on any atom is 0.269 e. The van der Waals surface area contributed by atoms with Gasteiger partial charge in [-0.05, 0) is 52.1 Å². The van der Waals surface area contributed by atoms with Crippen molar-refractivity contribution in [3.05, 3.63) is 141 Å². The fraction of sp³-hybridized carbons (Fsp3) is 0.176. The second-order valence-corrected chi connectivity index (χ2v) is 13.3. The topological polar surface area (TPSA) is 95.6 Å². The largest absolute Gasteiger partial charge is 0.274 e. The van der Waals surface area contributed by atoms with Gasteiger partial charge >= 0.3 is 0 Å². The van der Waals surface area contributed by atoms with Crippen molar-refractivity contribution >= 4 is 62.8 Å². The summed E-state index contributed by atoms with van der Waals surface area (Å²) in [6.45, 7) is 0. The van der Waals surface area contributed by atoms with E-state index in [0.29, 0.717) is 27.8 Å². The van der Waals surface area contributed by atoms with E-state index in [1.54, 1.807) is 36.4 Å². The number of carbonyl (C=O) groups excluding carboxylic acids is 4. The first-order chi connectivity index (χ1) is 21.2. The molecule has 2 N–H and O–H groups in total. The second kappa shape index (κ2) is 10.6. The van der Waals surface area contributed by atoms with Gasteiger partial charge in [0.05, 0.1) is 11.8 Å². The summed E-state index contributed by atoms with van der Waals surface area (Å²) >= 11 is 18.4. The number of hydrazine groups is 1. The molecule has 1 heterocycles. The molecule has 220 valence electrons. The molecule has 3 aliphatic carbocycles. The Morgan fingerprint density at radius 1 is 0.705 bits per heavy atom. The molecule has 7 nitrogen and oxygen atoms in total. The summed E-state index contributed by atoms with van der Waals surface area (Å²) in [4.78, 5) is 54.0. The molecule has 0 saturated carbocycles. The second-order valence-electron chi connectivity index (χ2n) is 11.2. The summed E-state index contributed by atoms with van der Waals surface area (Å²) in [5, 5.41) is 0. The lowest BCUT2D eigenvalue weighted by Gasteiger charge is -2.54. The van der Waals surface area contributed by atoms with Crippen LogP contribution in [0.1, 0.15) is 38.2 Å². The third-order valence-electron chi connectivity index (χ3n) is 8.91. The number of carbonyl (C=O) groups is 4. The Hall–Kier alpha value is -3.98. The first-order valence-electron chi connectivity index (χ1n) is 14.0. The van der Waals surface area contributed by atoms with Gasteiger partial charge < -0.3 is 0 Å². The van der Waals surface area contributed by atoms with Crippen molar-refractivity contribution < 1.29 is 19.2 Å². The van der Waals surface area contributed by atoms with Crippen LogP contribution in [-0.4, -0.2) is 34.6 Å². The molecule has 44 heavy (non-hydrogen) atoms. The Kier molecular flexibility index (Phi) is 6.92. The molecule has 1 saturated heterocycles. The zero-order chi connectivity index (χ0) is 30.8. The van der Waals surface area contributed by atoms with E-state index in [9.17, 15) is 19.2 Å². The van der Waals surface area contributed by atoms with Gasteiger partial charge in [0.15, 0.2) is 0 Å². The molecule has 0 aromatic heterocycles.